The molecule has 0 amide bonds. The molecule has 0 saturated heterocycles. The Morgan fingerprint density at radius 1 is 1.15 bits per heavy atom. The van der Waals surface area contributed by atoms with Crippen LogP contribution in [0, 0.1) is 13.8 Å². The number of benzene rings is 2. The summed E-state index contributed by atoms with van der Waals surface area (Å²) in [4.78, 5) is 24.1. The average Bonchev–Trinajstić information content (AvgIpc) is 2.63. The molecule has 2 aromatic carbocycles. The van der Waals surface area contributed by atoms with E-state index in [1.165, 1.54) is 19.2 Å². The molecule has 0 saturated carbocycles. The zero-order chi connectivity index (χ0) is 18.8. The van der Waals surface area contributed by atoms with Gasteiger partial charge in [-0.1, -0.05) is 6.07 Å². The SMILES string of the molecule is COc1cc(C(=O)OCc2cc(=O)oc3c(C)c(O)ccc23)ccc1C. The van der Waals surface area contributed by atoms with Crippen LogP contribution in [0.15, 0.2) is 45.6 Å². The van der Waals surface area contributed by atoms with E-state index in [2.05, 4.69) is 0 Å². The second-order valence-electron chi connectivity index (χ2n) is 5.94. The largest absolute Gasteiger partial charge is 0.508 e. The van der Waals surface area contributed by atoms with Gasteiger partial charge in [0.15, 0.2) is 0 Å². The molecular formula is C20H18O6. The molecule has 0 unspecified atom stereocenters. The lowest BCUT2D eigenvalue weighted by atomic mass is 10.1. The number of ether oxygens (including phenoxy) is 2. The number of carbonyl (C=O) groups excluding carboxylic acids is 1. The molecule has 0 fully saturated rings. The minimum Gasteiger partial charge on any atom is -0.508 e. The van der Waals surface area contributed by atoms with Crippen LogP contribution < -0.4 is 10.4 Å². The number of phenolic OH excluding ortho intramolecular Hbond substituents is 1. The molecule has 6 nitrogen and oxygen atoms in total. The number of phenols is 1. The van der Waals surface area contributed by atoms with Gasteiger partial charge in [0.1, 0.15) is 23.7 Å². The van der Waals surface area contributed by atoms with Crippen LogP contribution in [0.25, 0.3) is 11.0 Å². The van der Waals surface area contributed by atoms with Gasteiger partial charge >= 0.3 is 11.6 Å². The normalized spacial score (nSPS) is 10.7. The number of esters is 1. The molecule has 0 aliphatic heterocycles. The van der Waals surface area contributed by atoms with Crippen LogP contribution in [0.4, 0.5) is 0 Å². The Kier molecular flexibility index (Phi) is 4.67. The van der Waals surface area contributed by atoms with E-state index < -0.39 is 11.6 Å². The highest BCUT2D eigenvalue weighted by Gasteiger charge is 2.14. The minimum atomic E-state index is -0.575. The highest BCUT2D eigenvalue weighted by molar-refractivity contribution is 5.90. The maximum Gasteiger partial charge on any atom is 0.338 e. The van der Waals surface area contributed by atoms with Gasteiger partial charge < -0.3 is 19.0 Å². The van der Waals surface area contributed by atoms with Crippen LogP contribution in [-0.4, -0.2) is 18.2 Å². The molecule has 1 aromatic heterocycles. The molecular weight excluding hydrogens is 336 g/mol. The van der Waals surface area contributed by atoms with E-state index in [1.807, 2.05) is 6.92 Å². The minimum absolute atomic E-state index is 0.0292. The van der Waals surface area contributed by atoms with Gasteiger partial charge in [-0.2, -0.15) is 0 Å². The third-order valence-electron chi connectivity index (χ3n) is 4.22. The number of aromatic hydroxyl groups is 1. The molecule has 0 aliphatic rings. The number of methoxy groups -OCH3 is 1. The molecule has 0 aliphatic carbocycles. The van der Waals surface area contributed by atoms with Gasteiger partial charge in [0.2, 0.25) is 0 Å². The predicted molar refractivity (Wildman–Crippen MR) is 95.7 cm³/mol. The van der Waals surface area contributed by atoms with Gasteiger partial charge in [0, 0.05) is 22.6 Å². The van der Waals surface area contributed by atoms with Crippen LogP contribution >= 0.6 is 0 Å². The maximum absolute atomic E-state index is 12.3. The third-order valence-corrected chi connectivity index (χ3v) is 4.22. The first-order chi connectivity index (χ1) is 12.4. The number of rotatable bonds is 4. The van der Waals surface area contributed by atoms with Crippen molar-refractivity contribution in [2.75, 3.05) is 7.11 Å². The summed E-state index contributed by atoms with van der Waals surface area (Å²) in [7, 11) is 1.53. The highest BCUT2D eigenvalue weighted by atomic mass is 16.5. The molecule has 0 radical (unpaired) electrons. The van der Waals surface area contributed by atoms with Crippen LogP contribution in [-0.2, 0) is 11.3 Å². The zero-order valence-electron chi connectivity index (χ0n) is 14.7. The van der Waals surface area contributed by atoms with E-state index in [9.17, 15) is 14.7 Å². The first-order valence-electron chi connectivity index (χ1n) is 7.97. The van der Waals surface area contributed by atoms with E-state index >= 15 is 0 Å². The van der Waals surface area contributed by atoms with Crippen molar-refractivity contribution in [2.45, 2.75) is 20.5 Å². The number of aryl methyl sites for hydroxylation is 2. The van der Waals surface area contributed by atoms with Gasteiger partial charge in [0.05, 0.1) is 12.7 Å². The van der Waals surface area contributed by atoms with Crippen LogP contribution in [0.2, 0.25) is 0 Å². The van der Waals surface area contributed by atoms with Gasteiger partial charge in [-0.15, -0.1) is 0 Å². The fourth-order valence-corrected chi connectivity index (χ4v) is 2.71. The molecule has 26 heavy (non-hydrogen) atoms. The van der Waals surface area contributed by atoms with Gasteiger partial charge in [0.25, 0.3) is 0 Å². The molecule has 3 aromatic rings. The molecule has 0 atom stereocenters. The maximum atomic E-state index is 12.3. The summed E-state index contributed by atoms with van der Waals surface area (Å²) in [5.74, 6) is 0.0955. The number of hydrogen-bond acceptors (Lipinski definition) is 6. The average molecular weight is 354 g/mol. The smallest absolute Gasteiger partial charge is 0.338 e. The first-order valence-corrected chi connectivity index (χ1v) is 7.97. The van der Waals surface area contributed by atoms with Gasteiger partial charge in [-0.05, 0) is 43.7 Å². The standard InChI is InChI=1S/C20H18O6/c1-11-4-5-13(8-17(11)24-3)20(23)25-10-14-9-18(22)26-19-12(2)16(21)7-6-15(14)19/h4-9,21H,10H2,1-3H3. The number of carbonyl (C=O) groups is 1. The van der Waals surface area contributed by atoms with Crippen molar-refractivity contribution in [3.05, 3.63) is 69.1 Å². The Balaban J connectivity index is 1.89. The summed E-state index contributed by atoms with van der Waals surface area (Å²) in [5, 5.41) is 10.4. The molecule has 0 bridgehead atoms. The fraction of sp³-hybridized carbons (Fsp3) is 0.200. The Morgan fingerprint density at radius 2 is 1.92 bits per heavy atom. The Bertz CT molecular complexity index is 1050. The lowest BCUT2D eigenvalue weighted by molar-refractivity contribution is 0.0473. The monoisotopic (exact) mass is 354 g/mol. The second kappa shape index (κ2) is 6.92. The number of fused-ring (bicyclic) bond motifs is 1. The van der Waals surface area contributed by atoms with Crippen LogP contribution in [0.1, 0.15) is 27.0 Å². The van der Waals surface area contributed by atoms with Crippen molar-refractivity contribution in [1.82, 2.24) is 0 Å². The topological polar surface area (TPSA) is 86.0 Å². The summed E-state index contributed by atoms with van der Waals surface area (Å²) in [6.45, 7) is 3.43. The summed E-state index contributed by atoms with van der Waals surface area (Å²) in [6.07, 6.45) is 0. The van der Waals surface area contributed by atoms with Crippen molar-refractivity contribution in [2.24, 2.45) is 0 Å². The highest BCUT2D eigenvalue weighted by Crippen LogP contribution is 2.28. The van der Waals surface area contributed by atoms with Crippen molar-refractivity contribution in [3.8, 4) is 11.5 Å². The summed E-state index contributed by atoms with van der Waals surface area (Å²) in [6, 6.07) is 9.44. The summed E-state index contributed by atoms with van der Waals surface area (Å²) in [5.41, 5.74) is 1.93. The molecule has 0 spiro atoms. The quantitative estimate of drug-likeness (QED) is 0.570. The van der Waals surface area contributed by atoms with E-state index in [0.29, 0.717) is 27.8 Å². The Hall–Kier alpha value is -3.28. The van der Waals surface area contributed by atoms with Gasteiger partial charge in [-0.3, -0.25) is 0 Å². The van der Waals surface area contributed by atoms with E-state index in [1.54, 1.807) is 31.2 Å². The Labute approximate surface area is 149 Å². The molecule has 3 rings (SSSR count). The van der Waals surface area contributed by atoms with Crippen molar-refractivity contribution >= 4 is 16.9 Å². The Morgan fingerprint density at radius 3 is 2.65 bits per heavy atom. The lowest BCUT2D eigenvalue weighted by Gasteiger charge is -2.10. The fourth-order valence-electron chi connectivity index (χ4n) is 2.71. The summed E-state index contributed by atoms with van der Waals surface area (Å²) >= 11 is 0. The third kappa shape index (κ3) is 3.26. The molecule has 6 heteroatoms. The van der Waals surface area contributed by atoms with Crippen LogP contribution in [0.3, 0.4) is 0 Å². The molecule has 1 heterocycles. The van der Waals surface area contributed by atoms with Gasteiger partial charge in [-0.25, -0.2) is 9.59 Å². The van der Waals surface area contributed by atoms with Crippen molar-refractivity contribution in [3.63, 3.8) is 0 Å². The molecule has 1 N–H and O–H groups in total. The second-order valence-corrected chi connectivity index (χ2v) is 5.94. The van der Waals surface area contributed by atoms with E-state index in [0.717, 1.165) is 5.56 Å². The zero-order valence-corrected chi connectivity index (χ0v) is 14.7. The molecule has 134 valence electrons. The van der Waals surface area contributed by atoms with Crippen molar-refractivity contribution in [1.29, 1.82) is 0 Å². The van der Waals surface area contributed by atoms with E-state index in [-0.39, 0.29) is 17.9 Å². The van der Waals surface area contributed by atoms with Crippen molar-refractivity contribution < 1.29 is 23.8 Å². The number of hydrogen-bond donors (Lipinski definition) is 1. The van der Waals surface area contributed by atoms with Crippen LogP contribution in [0.5, 0.6) is 11.5 Å². The first kappa shape index (κ1) is 17.5. The predicted octanol–water partition coefficient (Wildman–Crippen LogP) is 3.48. The van der Waals surface area contributed by atoms with E-state index in [4.69, 9.17) is 13.9 Å². The lowest BCUT2D eigenvalue weighted by Crippen LogP contribution is -2.08. The summed E-state index contributed by atoms with van der Waals surface area (Å²) < 4.78 is 15.7.